The minimum absolute atomic E-state index is 0.0587. The van der Waals surface area contributed by atoms with E-state index in [1.165, 1.54) is 11.3 Å². The standard InChI is InChI=1S/C15H17N3O2S2/c1-9(16-5-6-20-2)13-17-14(19)12-10(8-22-15(12)18-13)11-4-3-7-21-11/h3-4,7-9,16H,5-6H2,1-2H3,(H,17,18,19)/p+1/t9-/m0/s1. The summed E-state index contributed by atoms with van der Waals surface area (Å²) >= 11 is 3.16. The van der Waals surface area contributed by atoms with E-state index >= 15 is 0 Å². The Morgan fingerprint density at radius 1 is 1.45 bits per heavy atom. The van der Waals surface area contributed by atoms with Crippen molar-refractivity contribution in [3.05, 3.63) is 39.1 Å². The fourth-order valence-corrected chi connectivity index (χ4v) is 4.11. The summed E-state index contributed by atoms with van der Waals surface area (Å²) in [7, 11) is 1.68. The van der Waals surface area contributed by atoms with Crippen LogP contribution in [-0.4, -0.2) is 30.2 Å². The van der Waals surface area contributed by atoms with Crippen LogP contribution in [0.25, 0.3) is 20.7 Å². The van der Waals surface area contributed by atoms with Gasteiger partial charge < -0.3 is 15.0 Å². The molecule has 0 aliphatic carbocycles. The number of hydrogen-bond acceptors (Lipinski definition) is 5. The third-order valence-corrected chi connectivity index (χ3v) is 5.30. The predicted octanol–water partition coefficient (Wildman–Crippen LogP) is 1.98. The smallest absolute Gasteiger partial charge is 0.260 e. The van der Waals surface area contributed by atoms with Crippen LogP contribution >= 0.6 is 22.7 Å². The van der Waals surface area contributed by atoms with E-state index in [2.05, 4.69) is 15.3 Å². The van der Waals surface area contributed by atoms with Gasteiger partial charge in [-0.25, -0.2) is 4.98 Å². The number of aromatic amines is 1. The molecule has 22 heavy (non-hydrogen) atoms. The summed E-state index contributed by atoms with van der Waals surface area (Å²) in [6.07, 6.45) is 0. The fraction of sp³-hybridized carbons (Fsp3) is 0.333. The Kier molecular flexibility index (Phi) is 4.68. The van der Waals surface area contributed by atoms with Crippen molar-refractivity contribution in [2.45, 2.75) is 13.0 Å². The molecule has 0 saturated carbocycles. The quantitative estimate of drug-likeness (QED) is 0.676. The first-order valence-electron chi connectivity index (χ1n) is 7.08. The molecule has 0 aliphatic rings. The summed E-state index contributed by atoms with van der Waals surface area (Å²) in [5.74, 6) is 0.716. The zero-order chi connectivity index (χ0) is 15.5. The van der Waals surface area contributed by atoms with E-state index in [0.717, 1.165) is 21.8 Å². The highest BCUT2D eigenvalue weighted by molar-refractivity contribution is 7.18. The van der Waals surface area contributed by atoms with Gasteiger partial charge in [0, 0.05) is 22.9 Å². The minimum Gasteiger partial charge on any atom is -0.379 e. The van der Waals surface area contributed by atoms with Gasteiger partial charge in [-0.3, -0.25) is 4.79 Å². The predicted molar refractivity (Wildman–Crippen MR) is 90.6 cm³/mol. The number of ether oxygens (including phenoxy) is 1. The van der Waals surface area contributed by atoms with Gasteiger partial charge in [0.1, 0.15) is 10.9 Å². The lowest BCUT2D eigenvalue weighted by Gasteiger charge is -2.09. The maximum atomic E-state index is 12.5. The molecule has 0 unspecified atom stereocenters. The summed E-state index contributed by atoms with van der Waals surface area (Å²) in [4.78, 5) is 22.0. The summed E-state index contributed by atoms with van der Waals surface area (Å²) in [6.45, 7) is 3.55. The minimum atomic E-state index is -0.0587. The molecule has 5 nitrogen and oxygen atoms in total. The van der Waals surface area contributed by atoms with Crippen LogP contribution in [0.4, 0.5) is 0 Å². The van der Waals surface area contributed by atoms with Gasteiger partial charge in [0.05, 0.1) is 18.5 Å². The third-order valence-electron chi connectivity index (χ3n) is 3.52. The van der Waals surface area contributed by atoms with Crippen molar-refractivity contribution in [3.8, 4) is 10.4 Å². The molecule has 0 radical (unpaired) electrons. The van der Waals surface area contributed by atoms with E-state index in [1.54, 1.807) is 18.4 Å². The van der Waals surface area contributed by atoms with Gasteiger partial charge in [0.15, 0.2) is 5.82 Å². The molecule has 0 bridgehead atoms. The molecular weight excluding hydrogens is 318 g/mol. The normalized spacial score (nSPS) is 12.8. The van der Waals surface area contributed by atoms with Crippen LogP contribution in [0, 0.1) is 0 Å². The van der Waals surface area contributed by atoms with Gasteiger partial charge in [0.25, 0.3) is 5.56 Å². The number of thiophene rings is 2. The Morgan fingerprint density at radius 3 is 3.05 bits per heavy atom. The van der Waals surface area contributed by atoms with Gasteiger partial charge in [-0.15, -0.1) is 22.7 Å². The van der Waals surface area contributed by atoms with E-state index < -0.39 is 0 Å². The van der Waals surface area contributed by atoms with Crippen molar-refractivity contribution < 1.29 is 10.1 Å². The highest BCUT2D eigenvalue weighted by Gasteiger charge is 2.17. The fourth-order valence-electron chi connectivity index (χ4n) is 2.34. The van der Waals surface area contributed by atoms with Gasteiger partial charge in [-0.05, 0) is 18.4 Å². The lowest BCUT2D eigenvalue weighted by Crippen LogP contribution is -2.85. The molecule has 3 N–H and O–H groups in total. The monoisotopic (exact) mass is 336 g/mol. The number of nitrogens with one attached hydrogen (secondary N) is 1. The number of quaternary nitrogens is 1. The summed E-state index contributed by atoms with van der Waals surface area (Å²) < 4.78 is 5.05. The van der Waals surface area contributed by atoms with Crippen LogP contribution in [0.15, 0.2) is 27.7 Å². The van der Waals surface area contributed by atoms with Crippen LogP contribution in [0.3, 0.4) is 0 Å². The average molecular weight is 336 g/mol. The second-order valence-corrected chi connectivity index (χ2v) is 6.87. The van der Waals surface area contributed by atoms with Gasteiger partial charge in [-0.1, -0.05) is 6.07 Å². The number of H-pyrrole nitrogens is 1. The zero-order valence-electron chi connectivity index (χ0n) is 12.5. The van der Waals surface area contributed by atoms with E-state index in [0.29, 0.717) is 17.8 Å². The molecule has 0 aliphatic heterocycles. The maximum absolute atomic E-state index is 12.5. The number of nitrogens with two attached hydrogens (primary N) is 1. The van der Waals surface area contributed by atoms with E-state index in [1.807, 2.05) is 29.8 Å². The molecule has 0 amide bonds. The Bertz CT molecular complexity index is 808. The Hall–Kier alpha value is -1.54. The van der Waals surface area contributed by atoms with Crippen molar-refractivity contribution in [1.29, 1.82) is 0 Å². The van der Waals surface area contributed by atoms with Crippen molar-refractivity contribution in [2.24, 2.45) is 0 Å². The number of fused-ring (bicyclic) bond motifs is 1. The molecule has 3 aromatic rings. The Morgan fingerprint density at radius 2 is 2.32 bits per heavy atom. The zero-order valence-corrected chi connectivity index (χ0v) is 14.1. The molecule has 116 valence electrons. The number of aromatic nitrogens is 2. The van der Waals surface area contributed by atoms with E-state index in [9.17, 15) is 4.79 Å². The maximum Gasteiger partial charge on any atom is 0.260 e. The first kappa shape index (κ1) is 15.4. The molecule has 0 fully saturated rings. The topological polar surface area (TPSA) is 71.6 Å². The van der Waals surface area contributed by atoms with Crippen LogP contribution in [0.1, 0.15) is 18.8 Å². The SMILES string of the molecule is COCC[NH2+][C@@H](C)c1nc2scc(-c3cccs3)c2c(=O)[nH]1. The highest BCUT2D eigenvalue weighted by atomic mass is 32.1. The van der Waals surface area contributed by atoms with Crippen LogP contribution in [0.2, 0.25) is 0 Å². The first-order valence-corrected chi connectivity index (χ1v) is 8.84. The highest BCUT2D eigenvalue weighted by Crippen LogP contribution is 2.33. The van der Waals surface area contributed by atoms with Crippen LogP contribution in [0.5, 0.6) is 0 Å². The van der Waals surface area contributed by atoms with E-state index in [4.69, 9.17) is 4.74 Å². The van der Waals surface area contributed by atoms with Crippen molar-refractivity contribution >= 4 is 32.9 Å². The van der Waals surface area contributed by atoms with Crippen LogP contribution in [-0.2, 0) is 4.74 Å². The molecule has 3 heterocycles. The molecule has 7 heteroatoms. The molecule has 1 atom stereocenters. The molecule has 0 saturated heterocycles. The van der Waals surface area contributed by atoms with Crippen molar-refractivity contribution in [2.75, 3.05) is 20.3 Å². The molecule has 0 aromatic carbocycles. The van der Waals surface area contributed by atoms with Gasteiger partial charge in [-0.2, -0.15) is 0 Å². The average Bonchev–Trinajstić information content (AvgIpc) is 3.16. The lowest BCUT2D eigenvalue weighted by molar-refractivity contribution is -0.694. The summed E-state index contributed by atoms with van der Waals surface area (Å²) in [6, 6.07) is 4.12. The second kappa shape index (κ2) is 6.70. The largest absolute Gasteiger partial charge is 0.379 e. The molecule has 3 rings (SSSR count). The van der Waals surface area contributed by atoms with Crippen LogP contribution < -0.4 is 10.9 Å². The second-order valence-electron chi connectivity index (χ2n) is 5.06. The molecular formula is C15H18N3O2S2+. The summed E-state index contributed by atoms with van der Waals surface area (Å²) in [5, 5.41) is 6.84. The van der Waals surface area contributed by atoms with Gasteiger partial charge >= 0.3 is 0 Å². The number of methoxy groups -OCH3 is 1. The van der Waals surface area contributed by atoms with Crippen molar-refractivity contribution in [3.63, 3.8) is 0 Å². The Balaban J connectivity index is 1.95. The molecule has 0 spiro atoms. The number of rotatable bonds is 6. The van der Waals surface area contributed by atoms with Gasteiger partial charge in [0.2, 0.25) is 0 Å². The third kappa shape index (κ3) is 2.98. The first-order chi connectivity index (χ1) is 10.7. The lowest BCUT2D eigenvalue weighted by atomic mass is 10.2. The Labute approximate surface area is 136 Å². The molecule has 3 aromatic heterocycles. The van der Waals surface area contributed by atoms with E-state index in [-0.39, 0.29) is 11.6 Å². The number of nitrogens with zero attached hydrogens (tertiary/aromatic N) is 1. The van der Waals surface area contributed by atoms with Crippen molar-refractivity contribution in [1.82, 2.24) is 9.97 Å². The summed E-state index contributed by atoms with van der Waals surface area (Å²) in [5.41, 5.74) is 0.919. The number of hydrogen-bond donors (Lipinski definition) is 2.